The Morgan fingerprint density at radius 3 is 2.78 bits per heavy atom. The quantitative estimate of drug-likeness (QED) is 0.634. The number of nitrogens with one attached hydrogen (secondary N) is 1. The largest absolute Gasteiger partial charge is 0.383 e. The van der Waals surface area contributed by atoms with Crippen molar-refractivity contribution in [2.24, 2.45) is 5.16 Å². The summed E-state index contributed by atoms with van der Waals surface area (Å²) in [6, 6.07) is 10.8. The molecular formula is C16H13Cl2FN2O2. The topological polar surface area (TPSA) is 50.7 Å². The van der Waals surface area contributed by atoms with Crippen LogP contribution in [0.4, 0.5) is 10.1 Å². The van der Waals surface area contributed by atoms with E-state index in [0.29, 0.717) is 15.7 Å². The van der Waals surface area contributed by atoms with Crippen molar-refractivity contribution in [3.05, 3.63) is 63.9 Å². The molecule has 2 rings (SSSR count). The number of rotatable bonds is 5. The first-order valence-corrected chi connectivity index (χ1v) is 7.42. The molecule has 0 saturated heterocycles. The van der Waals surface area contributed by atoms with Crippen LogP contribution < -0.4 is 5.32 Å². The van der Waals surface area contributed by atoms with E-state index in [1.165, 1.54) is 25.3 Å². The summed E-state index contributed by atoms with van der Waals surface area (Å²) in [5.41, 5.74) is 0.635. The van der Waals surface area contributed by atoms with Crippen molar-refractivity contribution in [2.45, 2.75) is 13.0 Å². The number of amides is 1. The Bertz CT molecular complexity index is 738. The van der Waals surface area contributed by atoms with Crippen molar-refractivity contribution in [2.75, 3.05) is 5.32 Å². The summed E-state index contributed by atoms with van der Waals surface area (Å²) in [5, 5.41) is 6.99. The van der Waals surface area contributed by atoms with Crippen LogP contribution in [0, 0.1) is 5.82 Å². The van der Waals surface area contributed by atoms with Gasteiger partial charge in [-0.15, -0.1) is 0 Å². The highest BCUT2D eigenvalue weighted by atomic mass is 35.5. The minimum atomic E-state index is -0.895. The van der Waals surface area contributed by atoms with Crippen LogP contribution in [-0.2, 0) is 9.63 Å². The number of oxime groups is 1. The van der Waals surface area contributed by atoms with Crippen LogP contribution in [0.25, 0.3) is 0 Å². The van der Waals surface area contributed by atoms with E-state index in [4.69, 9.17) is 28.0 Å². The zero-order valence-electron chi connectivity index (χ0n) is 12.1. The van der Waals surface area contributed by atoms with Crippen molar-refractivity contribution >= 4 is 41.0 Å². The van der Waals surface area contributed by atoms with E-state index in [1.54, 1.807) is 30.3 Å². The molecule has 0 unspecified atom stereocenters. The van der Waals surface area contributed by atoms with E-state index in [1.807, 2.05) is 0 Å². The van der Waals surface area contributed by atoms with E-state index in [9.17, 15) is 9.18 Å². The van der Waals surface area contributed by atoms with Crippen molar-refractivity contribution in [1.82, 2.24) is 0 Å². The third-order valence-electron chi connectivity index (χ3n) is 2.87. The normalized spacial score (nSPS) is 12.2. The van der Waals surface area contributed by atoms with Gasteiger partial charge in [0.05, 0.1) is 16.9 Å². The second-order valence-electron chi connectivity index (χ2n) is 4.62. The van der Waals surface area contributed by atoms with Gasteiger partial charge in [0.25, 0.3) is 5.91 Å². The van der Waals surface area contributed by atoms with Gasteiger partial charge in [-0.25, -0.2) is 4.39 Å². The molecule has 4 nitrogen and oxygen atoms in total. The number of carbonyl (C=O) groups is 1. The molecule has 0 bridgehead atoms. The van der Waals surface area contributed by atoms with Gasteiger partial charge >= 0.3 is 0 Å². The first-order chi connectivity index (χ1) is 11.0. The molecule has 0 radical (unpaired) electrons. The van der Waals surface area contributed by atoms with Crippen molar-refractivity contribution in [1.29, 1.82) is 0 Å². The molecule has 1 atom stereocenters. The van der Waals surface area contributed by atoms with E-state index >= 15 is 0 Å². The van der Waals surface area contributed by atoms with Crippen LogP contribution in [0.2, 0.25) is 10.0 Å². The fourth-order valence-electron chi connectivity index (χ4n) is 1.63. The SMILES string of the molecule is C[C@@H](O/N=C\c1ccccc1F)C(=O)Nc1cc(Cl)ccc1Cl. The van der Waals surface area contributed by atoms with Gasteiger partial charge in [-0.2, -0.15) is 0 Å². The molecular weight excluding hydrogens is 342 g/mol. The summed E-state index contributed by atoms with van der Waals surface area (Å²) in [6.45, 7) is 1.51. The zero-order chi connectivity index (χ0) is 16.8. The van der Waals surface area contributed by atoms with Gasteiger partial charge in [0.15, 0.2) is 0 Å². The van der Waals surface area contributed by atoms with Gasteiger partial charge < -0.3 is 10.2 Å². The summed E-state index contributed by atoms with van der Waals surface area (Å²) in [5.74, 6) is -0.887. The lowest BCUT2D eigenvalue weighted by Gasteiger charge is -2.11. The molecule has 0 aliphatic carbocycles. The molecule has 0 heterocycles. The number of hydrogen-bond acceptors (Lipinski definition) is 3. The Balaban J connectivity index is 1.95. The van der Waals surface area contributed by atoms with Gasteiger partial charge in [0.1, 0.15) is 5.82 Å². The molecule has 23 heavy (non-hydrogen) atoms. The second-order valence-corrected chi connectivity index (χ2v) is 5.46. The molecule has 0 spiro atoms. The Labute approximate surface area is 142 Å². The fourth-order valence-corrected chi connectivity index (χ4v) is 1.97. The van der Waals surface area contributed by atoms with Crippen LogP contribution in [-0.4, -0.2) is 18.2 Å². The average Bonchev–Trinajstić information content (AvgIpc) is 2.52. The lowest BCUT2D eigenvalue weighted by molar-refractivity contribution is -0.126. The number of hydrogen-bond donors (Lipinski definition) is 1. The summed E-state index contributed by atoms with van der Waals surface area (Å²) in [6.07, 6.45) is 0.305. The molecule has 7 heteroatoms. The highest BCUT2D eigenvalue weighted by Crippen LogP contribution is 2.25. The lowest BCUT2D eigenvalue weighted by atomic mass is 10.2. The van der Waals surface area contributed by atoms with Crippen LogP contribution in [0.1, 0.15) is 12.5 Å². The Kier molecular flexibility index (Phi) is 5.96. The monoisotopic (exact) mass is 354 g/mol. The standard InChI is InChI=1S/C16H13Cl2FN2O2/c1-10(23-20-9-11-4-2-3-5-14(11)19)16(22)21-15-8-12(17)6-7-13(15)18/h2-10H,1H3,(H,21,22)/b20-9-/t10-/m1/s1. The second kappa shape index (κ2) is 7.94. The smallest absolute Gasteiger partial charge is 0.268 e. The number of anilines is 1. The summed E-state index contributed by atoms with van der Waals surface area (Å²) in [7, 11) is 0. The maximum atomic E-state index is 13.4. The molecule has 0 aliphatic heterocycles. The molecule has 120 valence electrons. The zero-order valence-corrected chi connectivity index (χ0v) is 13.6. The lowest BCUT2D eigenvalue weighted by Crippen LogP contribution is -2.26. The minimum Gasteiger partial charge on any atom is -0.383 e. The van der Waals surface area contributed by atoms with Gasteiger partial charge in [0, 0.05) is 10.6 Å². The number of benzene rings is 2. The number of carbonyl (C=O) groups excluding carboxylic acids is 1. The molecule has 0 aliphatic rings. The Morgan fingerprint density at radius 2 is 2.04 bits per heavy atom. The fraction of sp³-hybridized carbons (Fsp3) is 0.125. The van der Waals surface area contributed by atoms with Crippen molar-refractivity contribution in [3.8, 4) is 0 Å². The first-order valence-electron chi connectivity index (χ1n) is 6.67. The molecule has 1 amide bonds. The molecule has 2 aromatic rings. The molecule has 0 fully saturated rings. The predicted octanol–water partition coefficient (Wildman–Crippen LogP) is 4.51. The highest BCUT2D eigenvalue weighted by molar-refractivity contribution is 6.35. The average molecular weight is 355 g/mol. The van der Waals surface area contributed by atoms with Gasteiger partial charge in [0.2, 0.25) is 6.10 Å². The molecule has 2 aromatic carbocycles. The van der Waals surface area contributed by atoms with Crippen LogP contribution >= 0.6 is 23.2 Å². The van der Waals surface area contributed by atoms with Gasteiger partial charge in [-0.05, 0) is 31.2 Å². The van der Waals surface area contributed by atoms with E-state index in [0.717, 1.165) is 0 Å². The maximum Gasteiger partial charge on any atom is 0.268 e. The Morgan fingerprint density at radius 1 is 1.30 bits per heavy atom. The van der Waals surface area contributed by atoms with E-state index < -0.39 is 17.8 Å². The van der Waals surface area contributed by atoms with Crippen LogP contribution in [0.5, 0.6) is 0 Å². The first kappa shape index (κ1) is 17.2. The summed E-state index contributed by atoms with van der Waals surface area (Å²) < 4.78 is 13.4. The van der Waals surface area contributed by atoms with Gasteiger partial charge in [-0.3, -0.25) is 4.79 Å². The van der Waals surface area contributed by atoms with Crippen molar-refractivity contribution in [3.63, 3.8) is 0 Å². The van der Waals surface area contributed by atoms with E-state index in [2.05, 4.69) is 10.5 Å². The van der Waals surface area contributed by atoms with Crippen LogP contribution in [0.15, 0.2) is 47.6 Å². The third kappa shape index (κ3) is 4.94. The minimum absolute atomic E-state index is 0.262. The van der Waals surface area contributed by atoms with Gasteiger partial charge in [-0.1, -0.05) is 46.6 Å². The number of nitrogens with zero attached hydrogens (tertiary/aromatic N) is 1. The van der Waals surface area contributed by atoms with E-state index in [-0.39, 0.29) is 5.56 Å². The van der Waals surface area contributed by atoms with Crippen LogP contribution in [0.3, 0.4) is 0 Å². The predicted molar refractivity (Wildman–Crippen MR) is 89.6 cm³/mol. The summed E-state index contributed by atoms with van der Waals surface area (Å²) >= 11 is 11.8. The Hall–Kier alpha value is -2.11. The molecule has 1 N–H and O–H groups in total. The maximum absolute atomic E-state index is 13.4. The highest BCUT2D eigenvalue weighted by Gasteiger charge is 2.15. The van der Waals surface area contributed by atoms with Crippen molar-refractivity contribution < 1.29 is 14.0 Å². The number of halogens is 3. The summed E-state index contributed by atoms with van der Waals surface area (Å²) in [4.78, 5) is 17.0. The molecule has 0 saturated carbocycles. The third-order valence-corrected chi connectivity index (χ3v) is 3.44. The molecule has 0 aromatic heterocycles.